The zero-order valence-electron chi connectivity index (χ0n) is 9.48. The molecule has 3 nitrogen and oxygen atoms in total. The second-order valence-electron chi connectivity index (χ2n) is 4.55. The Morgan fingerprint density at radius 2 is 2.18 bits per heavy atom. The number of esters is 1. The van der Waals surface area contributed by atoms with Crippen LogP contribution in [0.2, 0.25) is 0 Å². The molecule has 0 bridgehead atoms. The number of hydrogen-bond acceptors (Lipinski definition) is 3. The van der Waals surface area contributed by atoms with Gasteiger partial charge in [-0.2, -0.15) is 0 Å². The van der Waals surface area contributed by atoms with Crippen molar-refractivity contribution in [2.75, 3.05) is 13.7 Å². The number of ether oxygens (including phenoxy) is 2. The van der Waals surface area contributed by atoms with E-state index in [4.69, 9.17) is 9.47 Å². The molecule has 1 saturated heterocycles. The Balaban J connectivity index is 2.02. The average molecular weight is 297 g/mol. The lowest BCUT2D eigenvalue weighted by atomic mass is 9.91. The average Bonchev–Trinajstić information content (AvgIpc) is 2.73. The van der Waals surface area contributed by atoms with Crippen molar-refractivity contribution in [1.29, 1.82) is 0 Å². The Labute approximate surface area is 108 Å². The van der Waals surface area contributed by atoms with Gasteiger partial charge in [-0.1, -0.05) is 28.1 Å². The predicted octanol–water partition coefficient (Wildman–Crippen LogP) is 2.28. The predicted molar refractivity (Wildman–Crippen MR) is 65.7 cm³/mol. The van der Waals surface area contributed by atoms with Gasteiger partial charge in [0.05, 0.1) is 13.2 Å². The minimum Gasteiger partial charge on any atom is -0.468 e. The minimum atomic E-state index is -0.548. The van der Waals surface area contributed by atoms with Crippen LogP contribution in [0.5, 0.6) is 0 Å². The van der Waals surface area contributed by atoms with E-state index in [1.807, 2.05) is 24.3 Å². The number of benzene rings is 1. The molecule has 0 spiro atoms. The maximum absolute atomic E-state index is 12.1. The summed E-state index contributed by atoms with van der Waals surface area (Å²) in [7, 11) is 1.44. The lowest BCUT2D eigenvalue weighted by molar-refractivity contribution is -0.146. The summed E-state index contributed by atoms with van der Waals surface area (Å²) in [6, 6.07) is 7.85. The maximum Gasteiger partial charge on any atom is 0.319 e. The van der Waals surface area contributed by atoms with Crippen molar-refractivity contribution in [2.24, 2.45) is 5.92 Å². The lowest BCUT2D eigenvalue weighted by Gasteiger charge is -2.18. The summed E-state index contributed by atoms with van der Waals surface area (Å²) in [6.07, 6.45) is 0.951. The monoisotopic (exact) mass is 296 g/mol. The molecule has 0 amide bonds. The Hall–Kier alpha value is -0.870. The van der Waals surface area contributed by atoms with E-state index in [0.29, 0.717) is 0 Å². The summed E-state index contributed by atoms with van der Waals surface area (Å²) in [4.78, 5) is 12.1. The van der Waals surface area contributed by atoms with Gasteiger partial charge in [0.1, 0.15) is 5.41 Å². The molecule has 1 aliphatic heterocycles. The van der Waals surface area contributed by atoms with E-state index in [2.05, 4.69) is 15.9 Å². The minimum absolute atomic E-state index is 0.0103. The van der Waals surface area contributed by atoms with E-state index in [0.717, 1.165) is 23.1 Å². The molecule has 3 rings (SSSR count). The van der Waals surface area contributed by atoms with Gasteiger partial charge in [0.2, 0.25) is 0 Å². The van der Waals surface area contributed by atoms with Gasteiger partial charge in [-0.15, -0.1) is 0 Å². The highest BCUT2D eigenvalue weighted by molar-refractivity contribution is 9.10. The number of hydrogen-bond donors (Lipinski definition) is 0. The zero-order valence-corrected chi connectivity index (χ0v) is 11.1. The molecular weight excluding hydrogens is 284 g/mol. The molecule has 1 saturated carbocycles. The number of carbonyl (C=O) groups excluding carboxylic acids is 1. The van der Waals surface area contributed by atoms with Crippen LogP contribution in [-0.4, -0.2) is 25.8 Å². The highest BCUT2D eigenvalue weighted by atomic mass is 79.9. The van der Waals surface area contributed by atoms with Gasteiger partial charge in [-0.3, -0.25) is 4.79 Å². The molecule has 0 radical (unpaired) electrons. The first-order chi connectivity index (χ1) is 8.21. The van der Waals surface area contributed by atoms with Crippen molar-refractivity contribution in [2.45, 2.75) is 17.9 Å². The van der Waals surface area contributed by atoms with Crippen molar-refractivity contribution >= 4 is 21.9 Å². The largest absolute Gasteiger partial charge is 0.468 e. The van der Waals surface area contributed by atoms with Gasteiger partial charge in [-0.25, -0.2) is 0 Å². The molecule has 0 N–H and O–H groups in total. The molecule has 1 aromatic rings. The standard InChI is InChI=1S/C13H13BrO3/c1-16-12(15)13(10-6-7-17-11(10)13)8-2-4-9(14)5-3-8/h2-5,10-11H,6-7H2,1H3/t10-,11+,13+/m1/s1. The number of halogens is 1. The van der Waals surface area contributed by atoms with Gasteiger partial charge in [-0.05, 0) is 24.1 Å². The SMILES string of the molecule is COC(=O)[C@@]1(c2ccc(Br)cc2)[C@@H]2CCO[C@@H]21. The summed E-state index contributed by atoms with van der Waals surface area (Å²) in [6.45, 7) is 0.755. The van der Waals surface area contributed by atoms with Crippen LogP contribution in [-0.2, 0) is 19.7 Å². The summed E-state index contributed by atoms with van der Waals surface area (Å²) in [5, 5.41) is 0. The van der Waals surface area contributed by atoms with Crippen LogP contribution in [0.4, 0.5) is 0 Å². The Bertz CT molecular complexity index is 444. The quantitative estimate of drug-likeness (QED) is 0.786. The van der Waals surface area contributed by atoms with Crippen LogP contribution >= 0.6 is 15.9 Å². The van der Waals surface area contributed by atoms with E-state index >= 15 is 0 Å². The molecule has 1 aromatic carbocycles. The molecule has 2 aliphatic rings. The van der Waals surface area contributed by atoms with Crippen LogP contribution in [0.15, 0.2) is 28.7 Å². The highest BCUT2D eigenvalue weighted by Gasteiger charge is 2.74. The smallest absolute Gasteiger partial charge is 0.319 e. The van der Waals surface area contributed by atoms with Crippen LogP contribution in [0.3, 0.4) is 0 Å². The first-order valence-electron chi connectivity index (χ1n) is 5.67. The molecule has 1 aliphatic carbocycles. The zero-order chi connectivity index (χ0) is 12.0. The normalized spacial score (nSPS) is 34.2. The van der Waals surface area contributed by atoms with Gasteiger partial charge >= 0.3 is 5.97 Å². The fourth-order valence-corrected chi connectivity index (χ4v) is 3.30. The Morgan fingerprint density at radius 1 is 1.47 bits per heavy atom. The van der Waals surface area contributed by atoms with Gasteiger partial charge in [0.15, 0.2) is 0 Å². The number of fused-ring (bicyclic) bond motifs is 1. The Kier molecular flexibility index (Phi) is 2.52. The maximum atomic E-state index is 12.1. The van der Waals surface area contributed by atoms with Crippen molar-refractivity contribution in [3.05, 3.63) is 34.3 Å². The lowest BCUT2D eigenvalue weighted by Crippen LogP contribution is -2.30. The van der Waals surface area contributed by atoms with Crippen LogP contribution in [0, 0.1) is 5.92 Å². The fourth-order valence-electron chi connectivity index (χ4n) is 3.03. The molecule has 4 heteroatoms. The van der Waals surface area contributed by atoms with Crippen molar-refractivity contribution in [3.8, 4) is 0 Å². The molecule has 1 heterocycles. The van der Waals surface area contributed by atoms with Crippen LogP contribution < -0.4 is 0 Å². The summed E-state index contributed by atoms with van der Waals surface area (Å²) in [5.41, 5.74) is 0.454. The number of rotatable bonds is 2. The third-order valence-electron chi connectivity index (χ3n) is 3.86. The van der Waals surface area contributed by atoms with Crippen LogP contribution in [0.1, 0.15) is 12.0 Å². The highest BCUT2D eigenvalue weighted by Crippen LogP contribution is 2.61. The van der Waals surface area contributed by atoms with Gasteiger partial charge < -0.3 is 9.47 Å². The molecular formula is C13H13BrO3. The Morgan fingerprint density at radius 3 is 2.71 bits per heavy atom. The second-order valence-corrected chi connectivity index (χ2v) is 5.47. The van der Waals surface area contributed by atoms with E-state index in [9.17, 15) is 4.79 Å². The topological polar surface area (TPSA) is 35.5 Å². The molecule has 0 unspecified atom stereocenters. The molecule has 0 aromatic heterocycles. The first-order valence-corrected chi connectivity index (χ1v) is 6.46. The van der Waals surface area contributed by atoms with E-state index in [1.54, 1.807) is 0 Å². The molecule has 17 heavy (non-hydrogen) atoms. The third kappa shape index (κ3) is 1.40. The van der Waals surface area contributed by atoms with Gasteiger partial charge in [0.25, 0.3) is 0 Å². The van der Waals surface area contributed by atoms with E-state index in [1.165, 1.54) is 7.11 Å². The second kappa shape index (κ2) is 3.82. The van der Waals surface area contributed by atoms with E-state index < -0.39 is 5.41 Å². The van der Waals surface area contributed by atoms with Crippen molar-refractivity contribution in [1.82, 2.24) is 0 Å². The third-order valence-corrected chi connectivity index (χ3v) is 4.39. The summed E-state index contributed by atoms with van der Waals surface area (Å²) >= 11 is 3.40. The summed E-state index contributed by atoms with van der Waals surface area (Å²) in [5.74, 6) is 0.116. The van der Waals surface area contributed by atoms with Crippen molar-refractivity contribution in [3.63, 3.8) is 0 Å². The van der Waals surface area contributed by atoms with E-state index in [-0.39, 0.29) is 18.0 Å². The fraction of sp³-hybridized carbons (Fsp3) is 0.462. The first kappa shape index (κ1) is 11.2. The molecule has 3 atom stereocenters. The van der Waals surface area contributed by atoms with Crippen LogP contribution in [0.25, 0.3) is 0 Å². The molecule has 2 fully saturated rings. The van der Waals surface area contributed by atoms with Gasteiger partial charge in [0, 0.05) is 17.0 Å². The molecule has 90 valence electrons. The number of methoxy groups -OCH3 is 1. The summed E-state index contributed by atoms with van der Waals surface area (Å²) < 4.78 is 11.6. The number of carbonyl (C=O) groups is 1. The van der Waals surface area contributed by atoms with Crippen molar-refractivity contribution < 1.29 is 14.3 Å².